The standard InChI is InChI=1S/C13H20N6OS/c1-5-6-18(3)13-16-11(14)10(21-13)12(20)15-9-7-19(4)17-8(9)2/h7H,5-6,14H2,1-4H3,(H,15,20). The number of anilines is 3. The smallest absolute Gasteiger partial charge is 0.269 e. The number of amides is 1. The van der Waals surface area contributed by atoms with E-state index in [1.165, 1.54) is 11.3 Å². The minimum absolute atomic E-state index is 0.253. The molecule has 0 unspecified atom stereocenters. The van der Waals surface area contributed by atoms with E-state index >= 15 is 0 Å². The molecule has 0 radical (unpaired) electrons. The van der Waals surface area contributed by atoms with Gasteiger partial charge in [-0.1, -0.05) is 18.3 Å². The highest BCUT2D eigenvalue weighted by Gasteiger charge is 2.19. The van der Waals surface area contributed by atoms with Crippen LogP contribution in [-0.2, 0) is 7.05 Å². The topological polar surface area (TPSA) is 89.1 Å². The summed E-state index contributed by atoms with van der Waals surface area (Å²) < 4.78 is 1.65. The predicted molar refractivity (Wildman–Crippen MR) is 86.0 cm³/mol. The van der Waals surface area contributed by atoms with Crippen LogP contribution in [0.1, 0.15) is 28.7 Å². The summed E-state index contributed by atoms with van der Waals surface area (Å²) in [5.41, 5.74) is 7.30. The molecular formula is C13H20N6OS. The Bertz CT molecular complexity index is 647. The molecule has 8 heteroatoms. The zero-order chi connectivity index (χ0) is 15.6. The van der Waals surface area contributed by atoms with Gasteiger partial charge in [0.25, 0.3) is 5.91 Å². The number of nitrogen functional groups attached to an aromatic ring is 1. The van der Waals surface area contributed by atoms with Crippen LogP contribution in [0.2, 0.25) is 0 Å². The number of aromatic nitrogens is 3. The van der Waals surface area contributed by atoms with Gasteiger partial charge in [0.05, 0.1) is 11.4 Å². The highest BCUT2D eigenvalue weighted by Crippen LogP contribution is 2.28. The van der Waals surface area contributed by atoms with Crippen molar-refractivity contribution in [2.75, 3.05) is 29.5 Å². The molecule has 0 spiro atoms. The molecule has 0 saturated heterocycles. The lowest BCUT2D eigenvalue weighted by Crippen LogP contribution is -2.17. The Hall–Kier alpha value is -2.09. The number of hydrogen-bond acceptors (Lipinski definition) is 6. The van der Waals surface area contributed by atoms with E-state index in [-0.39, 0.29) is 11.7 Å². The van der Waals surface area contributed by atoms with Crippen molar-refractivity contribution in [2.45, 2.75) is 20.3 Å². The number of rotatable bonds is 5. The van der Waals surface area contributed by atoms with E-state index in [9.17, 15) is 4.79 Å². The van der Waals surface area contributed by atoms with Crippen LogP contribution in [0, 0.1) is 6.92 Å². The number of aryl methyl sites for hydroxylation is 2. The third-order valence-electron chi connectivity index (χ3n) is 3.00. The van der Waals surface area contributed by atoms with Gasteiger partial charge in [0.15, 0.2) is 5.13 Å². The van der Waals surface area contributed by atoms with E-state index in [4.69, 9.17) is 5.73 Å². The van der Waals surface area contributed by atoms with Crippen molar-refractivity contribution >= 4 is 33.9 Å². The second-order valence-electron chi connectivity index (χ2n) is 4.89. The van der Waals surface area contributed by atoms with Crippen molar-refractivity contribution in [3.05, 3.63) is 16.8 Å². The molecule has 3 N–H and O–H groups in total. The first-order chi connectivity index (χ1) is 9.92. The van der Waals surface area contributed by atoms with Crippen molar-refractivity contribution in [1.82, 2.24) is 14.8 Å². The second kappa shape index (κ2) is 6.13. The maximum atomic E-state index is 12.3. The van der Waals surface area contributed by atoms with Crippen molar-refractivity contribution in [3.63, 3.8) is 0 Å². The Morgan fingerprint density at radius 1 is 1.57 bits per heavy atom. The van der Waals surface area contributed by atoms with Crippen molar-refractivity contribution in [3.8, 4) is 0 Å². The zero-order valence-corrected chi connectivity index (χ0v) is 13.5. The van der Waals surface area contributed by atoms with Gasteiger partial charge in [-0.25, -0.2) is 4.98 Å². The number of carbonyl (C=O) groups is 1. The van der Waals surface area contributed by atoms with Gasteiger partial charge in [0.1, 0.15) is 10.7 Å². The molecule has 2 heterocycles. The quantitative estimate of drug-likeness (QED) is 0.880. The summed E-state index contributed by atoms with van der Waals surface area (Å²) in [5, 5.41) is 7.76. The molecule has 0 aliphatic carbocycles. The first-order valence-electron chi connectivity index (χ1n) is 6.71. The minimum atomic E-state index is -0.253. The van der Waals surface area contributed by atoms with Gasteiger partial charge in [0, 0.05) is 26.8 Å². The SMILES string of the molecule is CCCN(C)c1nc(N)c(C(=O)Nc2cn(C)nc2C)s1. The van der Waals surface area contributed by atoms with Gasteiger partial charge in [-0.15, -0.1) is 0 Å². The minimum Gasteiger partial charge on any atom is -0.382 e. The van der Waals surface area contributed by atoms with Crippen LogP contribution in [0.15, 0.2) is 6.20 Å². The average molecular weight is 308 g/mol. The van der Waals surface area contributed by atoms with Gasteiger partial charge >= 0.3 is 0 Å². The maximum Gasteiger partial charge on any atom is 0.269 e. The zero-order valence-electron chi connectivity index (χ0n) is 12.7. The van der Waals surface area contributed by atoms with Crippen LogP contribution in [0.25, 0.3) is 0 Å². The van der Waals surface area contributed by atoms with Crippen LogP contribution in [0.3, 0.4) is 0 Å². The average Bonchev–Trinajstić information content (AvgIpc) is 2.93. The fourth-order valence-electron chi connectivity index (χ4n) is 1.98. The third-order valence-corrected chi connectivity index (χ3v) is 4.18. The van der Waals surface area contributed by atoms with E-state index in [1.54, 1.807) is 10.9 Å². The summed E-state index contributed by atoms with van der Waals surface area (Å²) in [6, 6.07) is 0. The summed E-state index contributed by atoms with van der Waals surface area (Å²) in [4.78, 5) is 19.0. The largest absolute Gasteiger partial charge is 0.382 e. The Balaban J connectivity index is 2.18. The molecule has 114 valence electrons. The first-order valence-corrected chi connectivity index (χ1v) is 7.53. The highest BCUT2D eigenvalue weighted by atomic mass is 32.1. The molecular weight excluding hydrogens is 288 g/mol. The maximum absolute atomic E-state index is 12.3. The molecule has 21 heavy (non-hydrogen) atoms. The monoisotopic (exact) mass is 308 g/mol. The van der Waals surface area contributed by atoms with E-state index < -0.39 is 0 Å². The van der Waals surface area contributed by atoms with Crippen LogP contribution in [0.4, 0.5) is 16.6 Å². The van der Waals surface area contributed by atoms with Crippen molar-refractivity contribution < 1.29 is 4.79 Å². The molecule has 0 aliphatic heterocycles. The fourth-order valence-corrected chi connectivity index (χ4v) is 2.85. The van der Waals surface area contributed by atoms with Crippen molar-refractivity contribution in [1.29, 1.82) is 0 Å². The third kappa shape index (κ3) is 3.33. The molecule has 2 rings (SSSR count). The lowest BCUT2D eigenvalue weighted by atomic mass is 10.4. The van der Waals surface area contributed by atoms with E-state index in [2.05, 4.69) is 22.3 Å². The number of nitrogens with two attached hydrogens (primary N) is 1. The van der Waals surface area contributed by atoms with Crippen LogP contribution in [-0.4, -0.2) is 34.3 Å². The molecule has 0 bridgehead atoms. The van der Waals surface area contributed by atoms with Gasteiger partial charge in [0.2, 0.25) is 0 Å². The number of thiazole rings is 1. The fraction of sp³-hybridized carbons (Fsp3) is 0.462. The molecule has 7 nitrogen and oxygen atoms in total. The Morgan fingerprint density at radius 2 is 2.29 bits per heavy atom. The predicted octanol–water partition coefficient (Wildman–Crippen LogP) is 1.87. The van der Waals surface area contributed by atoms with Crippen LogP contribution < -0.4 is 16.0 Å². The van der Waals surface area contributed by atoms with Crippen LogP contribution in [0.5, 0.6) is 0 Å². The number of nitrogens with one attached hydrogen (secondary N) is 1. The highest BCUT2D eigenvalue weighted by molar-refractivity contribution is 7.18. The summed E-state index contributed by atoms with van der Waals surface area (Å²) in [5.74, 6) is 0.00856. The van der Waals surface area contributed by atoms with Crippen LogP contribution >= 0.6 is 11.3 Å². The summed E-state index contributed by atoms with van der Waals surface area (Å²) >= 11 is 1.30. The Kier molecular flexibility index (Phi) is 4.46. The van der Waals surface area contributed by atoms with Crippen molar-refractivity contribution in [2.24, 2.45) is 7.05 Å². The Morgan fingerprint density at radius 3 is 2.86 bits per heavy atom. The normalized spacial score (nSPS) is 10.7. The molecule has 0 fully saturated rings. The molecule has 2 aromatic rings. The molecule has 1 amide bonds. The lowest BCUT2D eigenvalue weighted by Gasteiger charge is -2.13. The Labute approximate surface area is 127 Å². The summed E-state index contributed by atoms with van der Waals surface area (Å²) in [6.07, 6.45) is 2.76. The lowest BCUT2D eigenvalue weighted by molar-refractivity contribution is 0.103. The van der Waals surface area contributed by atoms with Gasteiger partial charge in [-0.2, -0.15) is 5.10 Å². The van der Waals surface area contributed by atoms with E-state index in [1.807, 2.05) is 25.9 Å². The molecule has 0 atom stereocenters. The van der Waals surface area contributed by atoms with Gasteiger partial charge < -0.3 is 16.0 Å². The summed E-state index contributed by atoms with van der Waals surface area (Å²) in [7, 11) is 3.75. The second-order valence-corrected chi connectivity index (χ2v) is 5.87. The molecule has 0 aromatic carbocycles. The molecule has 0 saturated carbocycles. The van der Waals surface area contributed by atoms with E-state index in [0.717, 1.165) is 23.8 Å². The number of carbonyl (C=O) groups excluding carboxylic acids is 1. The molecule has 0 aliphatic rings. The molecule has 2 aromatic heterocycles. The number of nitrogens with zero attached hydrogens (tertiary/aromatic N) is 4. The van der Waals surface area contributed by atoms with Gasteiger partial charge in [-0.3, -0.25) is 9.48 Å². The number of hydrogen-bond donors (Lipinski definition) is 2. The summed E-state index contributed by atoms with van der Waals surface area (Å²) in [6.45, 7) is 4.80. The first kappa shape index (κ1) is 15.3. The van der Waals surface area contributed by atoms with Gasteiger partial charge in [-0.05, 0) is 13.3 Å². The van der Waals surface area contributed by atoms with E-state index in [0.29, 0.717) is 10.6 Å².